The molecule has 0 unspecified atom stereocenters. The second-order valence-electron chi connectivity index (χ2n) is 4.19. The van der Waals surface area contributed by atoms with Crippen LogP contribution < -0.4 is 5.73 Å². The number of fused-ring (bicyclic) bond motifs is 1. The molecule has 1 aliphatic rings. The number of aliphatic hydroxyl groups excluding tert-OH is 2. The van der Waals surface area contributed by atoms with E-state index in [2.05, 4.69) is 15.0 Å². The molecule has 0 amide bonds. The molecule has 96 valence electrons. The SMILES string of the molecule is Nc1nc2cncnc2n1[C@H]1C[C@@H](O)[C@H](CO)O1. The van der Waals surface area contributed by atoms with E-state index in [0.717, 1.165) is 0 Å². The molecular weight excluding hydrogens is 238 g/mol. The fraction of sp³-hybridized carbons (Fsp3) is 0.500. The third kappa shape index (κ3) is 1.62. The maximum absolute atomic E-state index is 9.73. The maximum Gasteiger partial charge on any atom is 0.204 e. The van der Waals surface area contributed by atoms with E-state index in [1.807, 2.05) is 0 Å². The summed E-state index contributed by atoms with van der Waals surface area (Å²) in [7, 11) is 0. The first-order valence-corrected chi connectivity index (χ1v) is 5.58. The highest BCUT2D eigenvalue weighted by atomic mass is 16.5. The second-order valence-corrected chi connectivity index (χ2v) is 4.19. The van der Waals surface area contributed by atoms with Crippen LogP contribution in [0.3, 0.4) is 0 Å². The Kier molecular flexibility index (Phi) is 2.62. The van der Waals surface area contributed by atoms with Gasteiger partial charge in [-0.15, -0.1) is 0 Å². The Bertz CT molecular complexity index is 572. The molecule has 1 fully saturated rings. The summed E-state index contributed by atoms with van der Waals surface area (Å²) in [4.78, 5) is 12.1. The van der Waals surface area contributed by atoms with Crippen molar-refractivity contribution in [1.29, 1.82) is 0 Å². The van der Waals surface area contributed by atoms with Crippen LogP contribution in [-0.2, 0) is 4.74 Å². The molecule has 0 aliphatic carbocycles. The van der Waals surface area contributed by atoms with Crippen LogP contribution in [0.25, 0.3) is 11.2 Å². The van der Waals surface area contributed by atoms with Crippen molar-refractivity contribution >= 4 is 17.1 Å². The minimum atomic E-state index is -0.723. The molecule has 0 bridgehead atoms. The van der Waals surface area contributed by atoms with E-state index in [9.17, 15) is 5.11 Å². The molecule has 3 rings (SSSR count). The lowest BCUT2D eigenvalue weighted by atomic mass is 10.2. The van der Waals surface area contributed by atoms with Gasteiger partial charge in [-0.05, 0) is 0 Å². The van der Waals surface area contributed by atoms with E-state index in [1.54, 1.807) is 10.8 Å². The van der Waals surface area contributed by atoms with Crippen molar-refractivity contribution in [2.75, 3.05) is 12.3 Å². The second kappa shape index (κ2) is 4.16. The number of ether oxygens (including phenoxy) is 1. The zero-order valence-electron chi connectivity index (χ0n) is 9.47. The first kappa shape index (κ1) is 11.3. The van der Waals surface area contributed by atoms with Gasteiger partial charge in [0.05, 0.1) is 18.9 Å². The van der Waals surface area contributed by atoms with Crippen LogP contribution in [-0.4, -0.2) is 48.5 Å². The van der Waals surface area contributed by atoms with E-state index in [-0.39, 0.29) is 12.6 Å². The number of aromatic nitrogens is 4. The summed E-state index contributed by atoms with van der Waals surface area (Å²) in [5.41, 5.74) is 6.95. The highest BCUT2D eigenvalue weighted by molar-refractivity contribution is 5.72. The smallest absolute Gasteiger partial charge is 0.204 e. The van der Waals surface area contributed by atoms with Crippen molar-refractivity contribution in [3.8, 4) is 0 Å². The largest absolute Gasteiger partial charge is 0.394 e. The van der Waals surface area contributed by atoms with Crippen LogP contribution in [0.1, 0.15) is 12.6 Å². The average molecular weight is 251 g/mol. The minimum Gasteiger partial charge on any atom is -0.394 e. The molecule has 2 aromatic rings. The predicted octanol–water partition coefficient (Wildman–Crippen LogP) is -0.951. The van der Waals surface area contributed by atoms with E-state index in [1.165, 1.54) is 6.33 Å². The van der Waals surface area contributed by atoms with E-state index in [0.29, 0.717) is 17.6 Å². The van der Waals surface area contributed by atoms with Gasteiger partial charge in [0.1, 0.15) is 24.2 Å². The number of nitrogens with two attached hydrogens (primary N) is 1. The molecule has 8 nitrogen and oxygen atoms in total. The summed E-state index contributed by atoms with van der Waals surface area (Å²) in [5.74, 6) is 0.251. The molecule has 0 saturated carbocycles. The Morgan fingerprint density at radius 2 is 2.39 bits per heavy atom. The van der Waals surface area contributed by atoms with Crippen molar-refractivity contribution in [1.82, 2.24) is 19.5 Å². The van der Waals surface area contributed by atoms with Crippen molar-refractivity contribution < 1.29 is 14.9 Å². The molecule has 3 heterocycles. The molecule has 1 aliphatic heterocycles. The van der Waals surface area contributed by atoms with Gasteiger partial charge < -0.3 is 20.7 Å². The van der Waals surface area contributed by atoms with Gasteiger partial charge >= 0.3 is 0 Å². The van der Waals surface area contributed by atoms with Gasteiger partial charge in [0.25, 0.3) is 0 Å². The van der Waals surface area contributed by atoms with Crippen LogP contribution >= 0.6 is 0 Å². The number of anilines is 1. The maximum atomic E-state index is 9.73. The first-order chi connectivity index (χ1) is 8.70. The normalized spacial score (nSPS) is 28.0. The molecule has 8 heteroatoms. The summed E-state index contributed by atoms with van der Waals surface area (Å²) >= 11 is 0. The number of nitrogens with zero attached hydrogens (tertiary/aromatic N) is 4. The Balaban J connectivity index is 2.02. The molecule has 18 heavy (non-hydrogen) atoms. The lowest BCUT2D eigenvalue weighted by Gasteiger charge is -2.14. The Morgan fingerprint density at radius 3 is 3.11 bits per heavy atom. The van der Waals surface area contributed by atoms with Crippen molar-refractivity contribution in [3.63, 3.8) is 0 Å². The molecule has 0 radical (unpaired) electrons. The van der Waals surface area contributed by atoms with Crippen molar-refractivity contribution in [3.05, 3.63) is 12.5 Å². The number of nitrogen functional groups attached to an aromatic ring is 1. The molecular formula is C10H13N5O3. The Hall–Kier alpha value is -1.77. The molecule has 2 aromatic heterocycles. The van der Waals surface area contributed by atoms with Gasteiger partial charge in [-0.2, -0.15) is 0 Å². The summed E-state index contributed by atoms with van der Waals surface area (Å²) in [5, 5.41) is 18.8. The topological polar surface area (TPSA) is 119 Å². The highest BCUT2D eigenvalue weighted by Crippen LogP contribution is 2.32. The van der Waals surface area contributed by atoms with Crippen molar-refractivity contribution in [2.45, 2.75) is 24.9 Å². The van der Waals surface area contributed by atoms with Gasteiger partial charge in [-0.1, -0.05) is 0 Å². The van der Waals surface area contributed by atoms with Crippen LogP contribution in [0.5, 0.6) is 0 Å². The first-order valence-electron chi connectivity index (χ1n) is 5.58. The summed E-state index contributed by atoms with van der Waals surface area (Å²) < 4.78 is 7.15. The summed E-state index contributed by atoms with van der Waals surface area (Å²) in [6.07, 6.45) is 1.49. The average Bonchev–Trinajstić information content (AvgIpc) is 2.88. The Labute approximate surface area is 102 Å². The van der Waals surface area contributed by atoms with Gasteiger partial charge in [0.15, 0.2) is 5.65 Å². The number of hydrogen-bond donors (Lipinski definition) is 3. The number of hydrogen-bond acceptors (Lipinski definition) is 7. The van der Waals surface area contributed by atoms with Crippen LogP contribution in [0.2, 0.25) is 0 Å². The molecule has 4 N–H and O–H groups in total. The van der Waals surface area contributed by atoms with E-state index < -0.39 is 18.4 Å². The van der Waals surface area contributed by atoms with Crippen molar-refractivity contribution in [2.24, 2.45) is 0 Å². The molecule has 0 aromatic carbocycles. The minimum absolute atomic E-state index is 0.237. The standard InChI is InChI=1S/C10H13N5O3/c11-10-14-5-2-12-4-13-9(5)15(10)8-1-6(17)7(3-16)18-8/h2,4,6-8,16-17H,1,3H2,(H2,11,14)/t6-,7+,8-/m1/s1. The zero-order valence-corrected chi connectivity index (χ0v) is 9.47. The third-order valence-electron chi connectivity index (χ3n) is 3.05. The fourth-order valence-corrected chi connectivity index (χ4v) is 2.19. The predicted molar refractivity (Wildman–Crippen MR) is 61.4 cm³/mol. The lowest BCUT2D eigenvalue weighted by Crippen LogP contribution is -2.24. The van der Waals surface area contributed by atoms with E-state index >= 15 is 0 Å². The number of aliphatic hydroxyl groups is 2. The molecule has 0 spiro atoms. The number of rotatable bonds is 2. The van der Waals surface area contributed by atoms with Crippen LogP contribution in [0, 0.1) is 0 Å². The van der Waals surface area contributed by atoms with Gasteiger partial charge in [-0.3, -0.25) is 4.57 Å². The van der Waals surface area contributed by atoms with Gasteiger partial charge in [0.2, 0.25) is 5.95 Å². The summed E-state index contributed by atoms with van der Waals surface area (Å²) in [6, 6.07) is 0. The fourth-order valence-electron chi connectivity index (χ4n) is 2.19. The quantitative estimate of drug-likeness (QED) is 0.629. The lowest BCUT2D eigenvalue weighted by molar-refractivity contribution is -0.0425. The van der Waals surface area contributed by atoms with Crippen LogP contribution in [0.15, 0.2) is 12.5 Å². The third-order valence-corrected chi connectivity index (χ3v) is 3.05. The Morgan fingerprint density at radius 1 is 1.56 bits per heavy atom. The highest BCUT2D eigenvalue weighted by Gasteiger charge is 2.36. The van der Waals surface area contributed by atoms with Crippen LogP contribution in [0.4, 0.5) is 5.95 Å². The van der Waals surface area contributed by atoms with E-state index in [4.69, 9.17) is 15.6 Å². The summed E-state index contributed by atoms with van der Waals surface area (Å²) in [6.45, 7) is -0.237. The van der Waals surface area contributed by atoms with Gasteiger partial charge in [0, 0.05) is 6.42 Å². The monoisotopic (exact) mass is 251 g/mol. The van der Waals surface area contributed by atoms with Gasteiger partial charge in [-0.25, -0.2) is 15.0 Å². The zero-order chi connectivity index (χ0) is 12.7. The molecule has 3 atom stereocenters. The number of imidazole rings is 1. The molecule has 1 saturated heterocycles.